The fourth-order valence-corrected chi connectivity index (χ4v) is 1.87. The molecule has 13 heavy (non-hydrogen) atoms. The topological polar surface area (TPSA) is 26.3 Å². The summed E-state index contributed by atoms with van der Waals surface area (Å²) in [4.78, 5) is 11.7. The molecule has 0 fully saturated rings. The molecular weight excluding hydrogens is 164 g/mol. The monoisotopic (exact) mass is 186 g/mol. The molecule has 0 aliphatic heterocycles. The van der Waals surface area contributed by atoms with Gasteiger partial charge in [0.15, 0.2) is 0 Å². The molecule has 0 aromatic rings. The Morgan fingerprint density at radius 1 is 1.23 bits per heavy atom. The molecule has 0 saturated heterocycles. The van der Waals surface area contributed by atoms with Gasteiger partial charge in [0.1, 0.15) is 0 Å². The van der Waals surface area contributed by atoms with Crippen LogP contribution < -0.4 is 0 Å². The minimum absolute atomic E-state index is 0.0324. The van der Waals surface area contributed by atoms with Crippen LogP contribution in [0.3, 0.4) is 0 Å². The second-order valence-electron chi connectivity index (χ2n) is 3.74. The molecule has 0 aromatic carbocycles. The normalized spacial score (nSPS) is 11.8. The van der Waals surface area contributed by atoms with Gasteiger partial charge in [-0.25, -0.2) is 0 Å². The Labute approximate surface area is 81.7 Å². The lowest BCUT2D eigenvalue weighted by Gasteiger charge is -2.32. The van der Waals surface area contributed by atoms with E-state index in [0.29, 0.717) is 12.5 Å². The molecule has 0 aromatic heterocycles. The average molecular weight is 186 g/mol. The van der Waals surface area contributed by atoms with Gasteiger partial charge < -0.3 is 4.74 Å². The summed E-state index contributed by atoms with van der Waals surface area (Å²) >= 11 is 0. The second-order valence-corrected chi connectivity index (χ2v) is 3.74. The van der Waals surface area contributed by atoms with Crippen molar-refractivity contribution in [2.45, 2.75) is 47.5 Å². The van der Waals surface area contributed by atoms with Gasteiger partial charge in [-0.15, -0.1) is 0 Å². The molecule has 0 unspecified atom stereocenters. The highest BCUT2D eigenvalue weighted by Crippen LogP contribution is 2.36. The van der Waals surface area contributed by atoms with Crippen LogP contribution in [0.25, 0.3) is 0 Å². The summed E-state index contributed by atoms with van der Waals surface area (Å²) in [5, 5.41) is 0. The van der Waals surface area contributed by atoms with Crippen molar-refractivity contribution in [3.8, 4) is 0 Å². The molecule has 0 radical (unpaired) electrons. The van der Waals surface area contributed by atoms with Crippen molar-refractivity contribution >= 4 is 5.97 Å². The van der Waals surface area contributed by atoms with Crippen LogP contribution in [-0.4, -0.2) is 12.6 Å². The average Bonchev–Trinajstić information content (AvgIpc) is 2.07. The smallest absolute Gasteiger partial charge is 0.312 e. The zero-order valence-electron chi connectivity index (χ0n) is 9.52. The maximum atomic E-state index is 11.7. The molecule has 0 amide bonds. The van der Waals surface area contributed by atoms with E-state index >= 15 is 0 Å². The van der Waals surface area contributed by atoms with Crippen LogP contribution >= 0.6 is 0 Å². The summed E-state index contributed by atoms with van der Waals surface area (Å²) < 4.78 is 5.11. The van der Waals surface area contributed by atoms with Crippen LogP contribution in [0.4, 0.5) is 0 Å². The summed E-state index contributed by atoms with van der Waals surface area (Å²) in [6.07, 6.45) is 1.72. The number of esters is 1. The lowest BCUT2D eigenvalue weighted by atomic mass is 9.73. The quantitative estimate of drug-likeness (QED) is 0.617. The van der Waals surface area contributed by atoms with E-state index in [1.807, 2.05) is 6.92 Å². The summed E-state index contributed by atoms with van der Waals surface area (Å²) in [6, 6.07) is 0. The highest BCUT2D eigenvalue weighted by atomic mass is 16.5. The fraction of sp³-hybridized carbons (Fsp3) is 0.909. The molecule has 0 atom stereocenters. The van der Waals surface area contributed by atoms with E-state index in [9.17, 15) is 4.79 Å². The molecule has 0 N–H and O–H groups in total. The van der Waals surface area contributed by atoms with Crippen LogP contribution in [0, 0.1) is 11.3 Å². The highest BCUT2D eigenvalue weighted by Gasteiger charge is 2.39. The summed E-state index contributed by atoms with van der Waals surface area (Å²) in [5.41, 5.74) is -0.268. The molecule has 2 nitrogen and oxygen atoms in total. The Bertz CT molecular complexity index is 157. The summed E-state index contributed by atoms with van der Waals surface area (Å²) in [6.45, 7) is 10.6. The van der Waals surface area contributed by atoms with Crippen LogP contribution in [0.15, 0.2) is 0 Å². The largest absolute Gasteiger partial charge is 0.466 e. The first-order valence-corrected chi connectivity index (χ1v) is 5.22. The molecular formula is C11H22O2. The molecule has 78 valence electrons. The van der Waals surface area contributed by atoms with Crippen molar-refractivity contribution in [2.75, 3.05) is 6.61 Å². The minimum atomic E-state index is -0.268. The van der Waals surface area contributed by atoms with E-state index in [1.165, 1.54) is 0 Å². The number of hydrogen-bond donors (Lipinski definition) is 0. The van der Waals surface area contributed by atoms with Gasteiger partial charge in [0.2, 0.25) is 0 Å². The molecule has 0 aliphatic rings. The van der Waals surface area contributed by atoms with Crippen LogP contribution in [-0.2, 0) is 9.53 Å². The van der Waals surface area contributed by atoms with Crippen molar-refractivity contribution in [1.82, 2.24) is 0 Å². The molecule has 0 spiro atoms. The van der Waals surface area contributed by atoms with Crippen LogP contribution in [0.1, 0.15) is 47.5 Å². The van der Waals surface area contributed by atoms with Gasteiger partial charge in [-0.1, -0.05) is 27.7 Å². The van der Waals surface area contributed by atoms with Gasteiger partial charge >= 0.3 is 5.97 Å². The maximum Gasteiger partial charge on any atom is 0.312 e. The van der Waals surface area contributed by atoms with Crippen LogP contribution in [0.5, 0.6) is 0 Å². The lowest BCUT2D eigenvalue weighted by Crippen LogP contribution is -2.36. The fourth-order valence-electron chi connectivity index (χ4n) is 1.87. The SMILES string of the molecule is CCOC(=O)C(CC)(CC)C(C)C. The highest BCUT2D eigenvalue weighted by molar-refractivity contribution is 5.77. The van der Waals surface area contributed by atoms with E-state index in [4.69, 9.17) is 4.74 Å². The second kappa shape index (κ2) is 5.25. The summed E-state index contributed by atoms with van der Waals surface area (Å²) in [5.74, 6) is 0.316. The Morgan fingerprint density at radius 3 is 1.92 bits per heavy atom. The van der Waals surface area contributed by atoms with E-state index in [2.05, 4.69) is 27.7 Å². The third-order valence-electron chi connectivity index (χ3n) is 3.05. The van der Waals surface area contributed by atoms with Crippen molar-refractivity contribution in [2.24, 2.45) is 11.3 Å². The number of hydrogen-bond acceptors (Lipinski definition) is 2. The van der Waals surface area contributed by atoms with Gasteiger partial charge in [0.25, 0.3) is 0 Å². The van der Waals surface area contributed by atoms with E-state index < -0.39 is 0 Å². The first-order chi connectivity index (χ1) is 6.05. The third kappa shape index (κ3) is 2.45. The zero-order chi connectivity index (χ0) is 10.5. The molecule has 0 saturated carbocycles. The number of ether oxygens (including phenoxy) is 1. The van der Waals surface area contributed by atoms with Crippen molar-refractivity contribution in [3.05, 3.63) is 0 Å². The van der Waals surface area contributed by atoms with E-state index in [1.54, 1.807) is 0 Å². The standard InChI is InChI=1S/C11H22O2/c1-6-11(7-2,9(4)5)10(12)13-8-3/h9H,6-8H2,1-5H3. The van der Waals surface area contributed by atoms with Crippen molar-refractivity contribution in [3.63, 3.8) is 0 Å². The Kier molecular flexibility index (Phi) is 5.04. The van der Waals surface area contributed by atoms with Crippen LogP contribution in [0.2, 0.25) is 0 Å². The number of carbonyl (C=O) groups excluding carboxylic acids is 1. The van der Waals surface area contributed by atoms with Gasteiger partial charge in [-0.2, -0.15) is 0 Å². The van der Waals surface area contributed by atoms with Gasteiger partial charge in [-0.3, -0.25) is 4.79 Å². The number of rotatable bonds is 5. The van der Waals surface area contributed by atoms with Crippen molar-refractivity contribution < 1.29 is 9.53 Å². The Morgan fingerprint density at radius 2 is 1.69 bits per heavy atom. The molecule has 0 rings (SSSR count). The lowest BCUT2D eigenvalue weighted by molar-refractivity contribution is -0.159. The Hall–Kier alpha value is -0.530. The molecule has 0 heterocycles. The molecule has 0 aliphatic carbocycles. The van der Waals surface area contributed by atoms with Gasteiger partial charge in [0, 0.05) is 0 Å². The molecule has 0 bridgehead atoms. The van der Waals surface area contributed by atoms with Gasteiger partial charge in [-0.05, 0) is 25.7 Å². The Balaban J connectivity index is 4.65. The predicted octanol–water partition coefficient (Wildman–Crippen LogP) is 3.01. The van der Waals surface area contributed by atoms with Crippen molar-refractivity contribution in [1.29, 1.82) is 0 Å². The van der Waals surface area contributed by atoms with E-state index in [-0.39, 0.29) is 11.4 Å². The summed E-state index contributed by atoms with van der Waals surface area (Å²) in [7, 11) is 0. The zero-order valence-corrected chi connectivity index (χ0v) is 9.52. The van der Waals surface area contributed by atoms with Gasteiger partial charge in [0.05, 0.1) is 12.0 Å². The minimum Gasteiger partial charge on any atom is -0.466 e. The first-order valence-electron chi connectivity index (χ1n) is 5.22. The van der Waals surface area contributed by atoms with E-state index in [0.717, 1.165) is 12.8 Å². The number of carbonyl (C=O) groups is 1. The third-order valence-corrected chi connectivity index (χ3v) is 3.05. The predicted molar refractivity (Wildman–Crippen MR) is 54.5 cm³/mol. The maximum absolute atomic E-state index is 11.7. The first kappa shape index (κ1) is 12.5. The molecule has 2 heteroatoms.